The van der Waals surface area contributed by atoms with E-state index in [4.69, 9.17) is 0 Å². The molecular formula is C10H16BrN3. The maximum absolute atomic E-state index is 3.97. The number of aromatic nitrogens is 2. The summed E-state index contributed by atoms with van der Waals surface area (Å²) >= 11 is 3.46. The first-order valence-corrected chi connectivity index (χ1v) is 5.98. The van der Waals surface area contributed by atoms with Gasteiger partial charge in [0, 0.05) is 12.6 Å². The number of H-pyrrole nitrogens is 1. The van der Waals surface area contributed by atoms with Gasteiger partial charge in [-0.15, -0.1) is 0 Å². The lowest BCUT2D eigenvalue weighted by Gasteiger charge is -2.16. The van der Waals surface area contributed by atoms with Crippen LogP contribution in [0.15, 0.2) is 10.7 Å². The molecule has 0 saturated heterocycles. The van der Waals surface area contributed by atoms with E-state index < -0.39 is 0 Å². The summed E-state index contributed by atoms with van der Waals surface area (Å²) in [6, 6.07) is 0.685. The highest BCUT2D eigenvalue weighted by Crippen LogP contribution is 2.25. The van der Waals surface area contributed by atoms with Crippen LogP contribution in [0.25, 0.3) is 0 Å². The molecule has 2 rings (SSSR count). The Bertz CT molecular complexity index is 297. The molecule has 1 fully saturated rings. The van der Waals surface area contributed by atoms with Crippen molar-refractivity contribution in [3.05, 3.63) is 16.4 Å². The van der Waals surface area contributed by atoms with Gasteiger partial charge in [-0.05, 0) is 34.7 Å². The minimum atomic E-state index is 0.685. The number of nitrogens with zero attached hydrogens (tertiary/aromatic N) is 1. The van der Waals surface area contributed by atoms with E-state index in [0.29, 0.717) is 6.04 Å². The van der Waals surface area contributed by atoms with Crippen LogP contribution in [0.4, 0.5) is 0 Å². The summed E-state index contributed by atoms with van der Waals surface area (Å²) in [6.45, 7) is 3.21. The van der Waals surface area contributed by atoms with Crippen molar-refractivity contribution in [2.45, 2.75) is 38.8 Å². The van der Waals surface area contributed by atoms with Gasteiger partial charge in [0.2, 0.25) is 0 Å². The van der Waals surface area contributed by atoms with Crippen molar-refractivity contribution in [1.82, 2.24) is 15.5 Å². The molecule has 1 aromatic heterocycles. The Morgan fingerprint density at radius 3 is 3.07 bits per heavy atom. The Balaban J connectivity index is 1.85. The topological polar surface area (TPSA) is 40.7 Å². The summed E-state index contributed by atoms with van der Waals surface area (Å²) in [5.41, 5.74) is 1.14. The van der Waals surface area contributed by atoms with Crippen LogP contribution in [-0.4, -0.2) is 16.2 Å². The van der Waals surface area contributed by atoms with E-state index in [1.165, 1.54) is 19.3 Å². The molecule has 2 unspecified atom stereocenters. The predicted molar refractivity (Wildman–Crippen MR) is 59.9 cm³/mol. The van der Waals surface area contributed by atoms with Crippen LogP contribution in [0, 0.1) is 5.92 Å². The zero-order valence-electron chi connectivity index (χ0n) is 8.39. The molecule has 1 saturated carbocycles. The second kappa shape index (κ2) is 4.45. The number of aromatic amines is 1. The summed E-state index contributed by atoms with van der Waals surface area (Å²) < 4.78 is 1.07. The summed E-state index contributed by atoms with van der Waals surface area (Å²) in [5.74, 6) is 0.816. The maximum Gasteiger partial charge on any atom is 0.0633 e. The van der Waals surface area contributed by atoms with Crippen LogP contribution in [0.3, 0.4) is 0 Å². The second-order valence-electron chi connectivity index (χ2n) is 4.09. The fraction of sp³-hybridized carbons (Fsp3) is 0.700. The molecule has 0 aliphatic heterocycles. The fourth-order valence-electron chi connectivity index (χ4n) is 2.10. The van der Waals surface area contributed by atoms with E-state index in [0.717, 1.165) is 22.6 Å². The average molecular weight is 258 g/mol. The highest BCUT2D eigenvalue weighted by molar-refractivity contribution is 9.10. The quantitative estimate of drug-likeness (QED) is 0.874. The number of halogens is 1. The first kappa shape index (κ1) is 10.2. The number of hydrogen-bond donors (Lipinski definition) is 2. The molecule has 78 valence electrons. The number of nitrogens with one attached hydrogen (secondary N) is 2. The van der Waals surface area contributed by atoms with E-state index in [9.17, 15) is 0 Å². The normalized spacial score (nSPS) is 27.0. The highest BCUT2D eigenvalue weighted by Gasteiger charge is 2.22. The molecule has 4 heteroatoms. The first-order chi connectivity index (χ1) is 6.77. The molecule has 0 spiro atoms. The third kappa shape index (κ3) is 2.17. The van der Waals surface area contributed by atoms with Gasteiger partial charge < -0.3 is 5.32 Å². The first-order valence-electron chi connectivity index (χ1n) is 5.18. The molecule has 1 heterocycles. The molecular weight excluding hydrogens is 242 g/mol. The molecule has 0 aromatic carbocycles. The van der Waals surface area contributed by atoms with E-state index in [2.05, 4.69) is 38.4 Å². The van der Waals surface area contributed by atoms with Crippen molar-refractivity contribution < 1.29 is 0 Å². The van der Waals surface area contributed by atoms with Gasteiger partial charge in [-0.25, -0.2) is 0 Å². The lowest BCUT2D eigenvalue weighted by molar-refractivity contribution is 0.423. The molecule has 1 aromatic rings. The molecule has 1 aliphatic carbocycles. The van der Waals surface area contributed by atoms with E-state index in [1.54, 1.807) is 6.20 Å². The van der Waals surface area contributed by atoms with Crippen molar-refractivity contribution >= 4 is 15.9 Å². The van der Waals surface area contributed by atoms with Gasteiger partial charge in [0.15, 0.2) is 0 Å². The van der Waals surface area contributed by atoms with Crippen molar-refractivity contribution in [3.8, 4) is 0 Å². The van der Waals surface area contributed by atoms with Crippen LogP contribution in [0.1, 0.15) is 31.9 Å². The molecule has 0 bridgehead atoms. The zero-order chi connectivity index (χ0) is 9.97. The van der Waals surface area contributed by atoms with Crippen molar-refractivity contribution in [3.63, 3.8) is 0 Å². The second-order valence-corrected chi connectivity index (χ2v) is 4.95. The summed E-state index contributed by atoms with van der Waals surface area (Å²) in [6.07, 6.45) is 5.84. The Morgan fingerprint density at radius 2 is 2.50 bits per heavy atom. The number of rotatable bonds is 3. The van der Waals surface area contributed by atoms with Gasteiger partial charge >= 0.3 is 0 Å². The molecule has 3 nitrogen and oxygen atoms in total. The smallest absolute Gasteiger partial charge is 0.0633 e. The Kier molecular flexibility index (Phi) is 3.23. The lowest BCUT2D eigenvalue weighted by atomic mass is 10.1. The van der Waals surface area contributed by atoms with Crippen LogP contribution in [0.2, 0.25) is 0 Å². The Hall–Kier alpha value is -0.350. The predicted octanol–water partition coefficient (Wildman–Crippen LogP) is 2.45. The zero-order valence-corrected chi connectivity index (χ0v) is 9.97. The molecule has 0 radical (unpaired) electrons. The van der Waals surface area contributed by atoms with Gasteiger partial charge in [-0.2, -0.15) is 5.10 Å². The van der Waals surface area contributed by atoms with E-state index in [-0.39, 0.29) is 0 Å². The minimum Gasteiger partial charge on any atom is -0.308 e. The molecule has 2 atom stereocenters. The summed E-state index contributed by atoms with van der Waals surface area (Å²) in [7, 11) is 0. The third-order valence-corrected chi connectivity index (χ3v) is 3.75. The average Bonchev–Trinajstić information content (AvgIpc) is 2.72. The van der Waals surface area contributed by atoms with Gasteiger partial charge in [0.1, 0.15) is 0 Å². The molecule has 0 amide bonds. The van der Waals surface area contributed by atoms with Crippen molar-refractivity contribution in [1.29, 1.82) is 0 Å². The van der Waals surface area contributed by atoms with Crippen molar-refractivity contribution in [2.75, 3.05) is 0 Å². The van der Waals surface area contributed by atoms with Crippen molar-refractivity contribution in [2.24, 2.45) is 5.92 Å². The fourth-order valence-corrected chi connectivity index (χ4v) is 2.44. The monoisotopic (exact) mass is 257 g/mol. The molecule has 14 heavy (non-hydrogen) atoms. The van der Waals surface area contributed by atoms with Crippen LogP contribution in [-0.2, 0) is 6.54 Å². The summed E-state index contributed by atoms with van der Waals surface area (Å²) in [4.78, 5) is 0. The highest BCUT2D eigenvalue weighted by atomic mass is 79.9. The van der Waals surface area contributed by atoms with Crippen LogP contribution in [0.5, 0.6) is 0 Å². The molecule has 2 N–H and O–H groups in total. The minimum absolute atomic E-state index is 0.685. The van der Waals surface area contributed by atoms with Crippen LogP contribution < -0.4 is 5.32 Å². The maximum atomic E-state index is 3.97. The SMILES string of the molecule is CC1CCCC1NCc1[nH]ncc1Br. The van der Waals surface area contributed by atoms with Crippen LogP contribution >= 0.6 is 15.9 Å². The third-order valence-electron chi connectivity index (χ3n) is 3.07. The number of hydrogen-bond acceptors (Lipinski definition) is 2. The standard InChI is InChI=1S/C10H16BrN3/c1-7-3-2-4-9(7)12-6-10-8(11)5-13-14-10/h5,7,9,12H,2-4,6H2,1H3,(H,13,14). The summed E-state index contributed by atoms with van der Waals surface area (Å²) in [5, 5.41) is 10.5. The largest absolute Gasteiger partial charge is 0.308 e. The van der Waals surface area contributed by atoms with E-state index in [1.807, 2.05) is 0 Å². The lowest BCUT2D eigenvalue weighted by Crippen LogP contribution is -2.30. The van der Waals surface area contributed by atoms with Gasteiger partial charge in [-0.1, -0.05) is 13.3 Å². The van der Waals surface area contributed by atoms with Gasteiger partial charge in [0.25, 0.3) is 0 Å². The van der Waals surface area contributed by atoms with Gasteiger partial charge in [0.05, 0.1) is 16.4 Å². The molecule has 1 aliphatic rings. The Morgan fingerprint density at radius 1 is 1.64 bits per heavy atom. The van der Waals surface area contributed by atoms with Gasteiger partial charge in [-0.3, -0.25) is 5.10 Å². The Labute approximate surface area is 92.8 Å². The van der Waals surface area contributed by atoms with E-state index >= 15 is 0 Å².